The third-order valence-corrected chi connectivity index (χ3v) is 12.0. The molecule has 0 spiro atoms. The summed E-state index contributed by atoms with van der Waals surface area (Å²) in [5.74, 6) is 1.55. The summed E-state index contributed by atoms with van der Waals surface area (Å²) >= 11 is 0. The number of aromatic nitrogens is 4. The second-order valence-electron chi connectivity index (χ2n) is 15.6. The third kappa shape index (κ3) is 5.26. The van der Waals surface area contributed by atoms with E-state index < -0.39 is 0 Å². The predicted molar refractivity (Wildman–Crippen MR) is 248 cm³/mol. The molecule has 0 aliphatic carbocycles. The van der Waals surface area contributed by atoms with Gasteiger partial charge in [0, 0.05) is 43.6 Å². The van der Waals surface area contributed by atoms with Crippen LogP contribution in [-0.2, 0) is 0 Å². The van der Waals surface area contributed by atoms with Crippen LogP contribution < -0.4 is 0 Å². The zero-order valence-corrected chi connectivity index (χ0v) is 32.6. The molecule has 0 saturated heterocycles. The second kappa shape index (κ2) is 13.1. The molecule has 4 heterocycles. The Morgan fingerprint density at radius 3 is 1.66 bits per heavy atom. The summed E-state index contributed by atoms with van der Waals surface area (Å²) in [5, 5.41) is 8.80. The standard InChI is InChI=1S/C55H32N4O2/c1-2-13-33(14-3-1)34-25-27-35(28-26-34)53-56-54(43-21-12-20-42-40-18-7-10-23-49(40)60-51(42)43)58-55(57-53)46-32-38(31-45-41-19-8-11-24-50(41)61-52(45)46)59-47-22-9-6-17-39(47)44-29-36-15-4-5-16-37(36)30-48(44)59/h1-32H. The molecule has 6 heteroatoms. The predicted octanol–water partition coefficient (Wildman–Crippen LogP) is 14.6. The molecule has 0 amide bonds. The Labute approximate surface area is 348 Å². The SMILES string of the molecule is c1ccc(-c2ccc(-c3nc(-c4cccc5c4oc4ccccc45)nc(-c4cc(-n5c6ccccc6c6cc7ccccc7cc65)cc5c4oc4ccccc45)n3)cc2)cc1. The van der Waals surface area contributed by atoms with E-state index >= 15 is 0 Å². The molecule has 9 aromatic carbocycles. The quantitative estimate of drug-likeness (QED) is 0.174. The smallest absolute Gasteiger partial charge is 0.167 e. The van der Waals surface area contributed by atoms with E-state index in [-0.39, 0.29) is 0 Å². The maximum atomic E-state index is 6.78. The van der Waals surface area contributed by atoms with Crippen molar-refractivity contribution < 1.29 is 8.83 Å². The number of benzene rings is 9. The minimum Gasteiger partial charge on any atom is -0.455 e. The van der Waals surface area contributed by atoms with Gasteiger partial charge in [0.1, 0.15) is 22.3 Å². The van der Waals surface area contributed by atoms with Gasteiger partial charge in [-0.15, -0.1) is 0 Å². The summed E-state index contributed by atoms with van der Waals surface area (Å²) < 4.78 is 15.7. The van der Waals surface area contributed by atoms with Gasteiger partial charge in [0.2, 0.25) is 0 Å². The molecule has 4 aromatic heterocycles. The van der Waals surface area contributed by atoms with Crippen LogP contribution in [0.5, 0.6) is 0 Å². The van der Waals surface area contributed by atoms with Gasteiger partial charge in [-0.05, 0) is 70.4 Å². The van der Waals surface area contributed by atoms with E-state index in [0.717, 1.165) is 82.8 Å². The van der Waals surface area contributed by atoms with Crippen molar-refractivity contribution in [1.29, 1.82) is 0 Å². The molecule has 0 atom stereocenters. The number of furan rings is 2. The highest BCUT2D eigenvalue weighted by molar-refractivity contribution is 6.15. The minimum absolute atomic E-state index is 0.498. The molecule has 0 aliphatic rings. The number of fused-ring (bicyclic) bond motifs is 10. The first-order valence-corrected chi connectivity index (χ1v) is 20.4. The van der Waals surface area contributed by atoms with Gasteiger partial charge < -0.3 is 13.4 Å². The molecule has 61 heavy (non-hydrogen) atoms. The van der Waals surface area contributed by atoms with Crippen molar-refractivity contribution in [3.63, 3.8) is 0 Å². The van der Waals surface area contributed by atoms with Crippen LogP contribution in [0.2, 0.25) is 0 Å². The molecule has 0 saturated carbocycles. The van der Waals surface area contributed by atoms with Gasteiger partial charge >= 0.3 is 0 Å². The first kappa shape index (κ1) is 33.6. The van der Waals surface area contributed by atoms with Gasteiger partial charge in [-0.25, -0.2) is 15.0 Å². The van der Waals surface area contributed by atoms with Crippen molar-refractivity contribution in [2.24, 2.45) is 0 Å². The third-order valence-electron chi connectivity index (χ3n) is 12.0. The maximum absolute atomic E-state index is 6.78. The summed E-state index contributed by atoms with van der Waals surface area (Å²) in [5.41, 5.74) is 10.9. The zero-order chi connectivity index (χ0) is 40.0. The van der Waals surface area contributed by atoms with Crippen molar-refractivity contribution >= 4 is 76.5 Å². The lowest BCUT2D eigenvalue weighted by atomic mass is 10.0. The highest BCUT2D eigenvalue weighted by atomic mass is 16.3. The van der Waals surface area contributed by atoms with Gasteiger partial charge in [0.05, 0.1) is 22.2 Å². The number of hydrogen-bond donors (Lipinski definition) is 0. The fraction of sp³-hybridized carbons (Fsp3) is 0. The Kier molecular flexibility index (Phi) is 7.21. The minimum atomic E-state index is 0.498. The Morgan fingerprint density at radius 2 is 0.885 bits per heavy atom. The summed E-state index contributed by atoms with van der Waals surface area (Å²) in [6, 6.07) is 67.5. The van der Waals surface area contributed by atoms with E-state index in [1.165, 1.54) is 21.5 Å². The Balaban J connectivity index is 1.10. The summed E-state index contributed by atoms with van der Waals surface area (Å²) in [7, 11) is 0. The van der Waals surface area contributed by atoms with Crippen LogP contribution in [0.3, 0.4) is 0 Å². The molecular weight excluding hydrogens is 749 g/mol. The molecule has 0 radical (unpaired) electrons. The molecule has 0 aliphatic heterocycles. The van der Waals surface area contributed by atoms with Crippen LogP contribution in [0, 0.1) is 0 Å². The Morgan fingerprint density at radius 1 is 0.328 bits per heavy atom. The topological polar surface area (TPSA) is 69.9 Å². The molecule has 6 nitrogen and oxygen atoms in total. The average Bonchev–Trinajstić information content (AvgIpc) is 4.00. The highest BCUT2D eigenvalue weighted by Crippen LogP contribution is 2.42. The van der Waals surface area contributed by atoms with E-state index in [0.29, 0.717) is 23.1 Å². The summed E-state index contributed by atoms with van der Waals surface area (Å²) in [6.45, 7) is 0. The van der Waals surface area contributed by atoms with E-state index in [2.05, 4.69) is 150 Å². The van der Waals surface area contributed by atoms with Crippen LogP contribution in [0.15, 0.2) is 203 Å². The van der Waals surface area contributed by atoms with Crippen molar-refractivity contribution in [2.75, 3.05) is 0 Å². The molecular formula is C55H32N4O2. The molecule has 0 fully saturated rings. The van der Waals surface area contributed by atoms with Gasteiger partial charge in [-0.3, -0.25) is 0 Å². The van der Waals surface area contributed by atoms with Crippen molar-refractivity contribution in [2.45, 2.75) is 0 Å². The van der Waals surface area contributed by atoms with Crippen LogP contribution in [0.25, 0.3) is 127 Å². The highest BCUT2D eigenvalue weighted by Gasteiger charge is 2.23. The van der Waals surface area contributed by atoms with E-state index in [1.54, 1.807) is 0 Å². The first-order valence-electron chi connectivity index (χ1n) is 20.4. The van der Waals surface area contributed by atoms with Crippen LogP contribution in [-0.4, -0.2) is 19.5 Å². The molecule has 0 N–H and O–H groups in total. The van der Waals surface area contributed by atoms with Gasteiger partial charge in [0.25, 0.3) is 0 Å². The van der Waals surface area contributed by atoms with E-state index in [1.807, 2.05) is 48.5 Å². The zero-order valence-electron chi connectivity index (χ0n) is 32.6. The maximum Gasteiger partial charge on any atom is 0.167 e. The fourth-order valence-corrected chi connectivity index (χ4v) is 9.15. The number of rotatable bonds is 5. The van der Waals surface area contributed by atoms with Crippen molar-refractivity contribution in [3.8, 4) is 51.0 Å². The lowest BCUT2D eigenvalue weighted by Gasteiger charge is -2.13. The van der Waals surface area contributed by atoms with Gasteiger partial charge in [-0.1, -0.05) is 146 Å². The van der Waals surface area contributed by atoms with Crippen LogP contribution in [0.4, 0.5) is 0 Å². The molecule has 13 aromatic rings. The largest absolute Gasteiger partial charge is 0.455 e. The number of para-hydroxylation sites is 4. The van der Waals surface area contributed by atoms with Crippen molar-refractivity contribution in [1.82, 2.24) is 19.5 Å². The monoisotopic (exact) mass is 780 g/mol. The number of hydrogen-bond acceptors (Lipinski definition) is 5. The van der Waals surface area contributed by atoms with Crippen LogP contribution >= 0.6 is 0 Å². The molecule has 284 valence electrons. The molecule has 0 unspecified atom stereocenters. The number of nitrogens with zero attached hydrogens (tertiary/aromatic N) is 4. The van der Waals surface area contributed by atoms with E-state index in [9.17, 15) is 0 Å². The van der Waals surface area contributed by atoms with Crippen molar-refractivity contribution in [3.05, 3.63) is 194 Å². The Hall–Kier alpha value is -8.35. The fourth-order valence-electron chi connectivity index (χ4n) is 9.15. The molecule has 0 bridgehead atoms. The second-order valence-corrected chi connectivity index (χ2v) is 15.6. The first-order chi connectivity index (χ1) is 30.2. The summed E-state index contributed by atoms with van der Waals surface area (Å²) in [6.07, 6.45) is 0. The summed E-state index contributed by atoms with van der Waals surface area (Å²) in [4.78, 5) is 15.9. The Bertz CT molecular complexity index is 3880. The van der Waals surface area contributed by atoms with Gasteiger partial charge in [0.15, 0.2) is 17.5 Å². The van der Waals surface area contributed by atoms with Crippen LogP contribution in [0.1, 0.15) is 0 Å². The molecule has 13 rings (SSSR count). The normalized spacial score (nSPS) is 11.9. The lowest BCUT2D eigenvalue weighted by Crippen LogP contribution is -2.02. The van der Waals surface area contributed by atoms with E-state index in [4.69, 9.17) is 23.8 Å². The van der Waals surface area contributed by atoms with Gasteiger partial charge in [-0.2, -0.15) is 0 Å². The average molecular weight is 781 g/mol. The lowest BCUT2D eigenvalue weighted by molar-refractivity contribution is 0.669.